The van der Waals surface area contributed by atoms with E-state index < -0.39 is 22.8 Å². The maximum Gasteiger partial charge on any atom is 0.273 e. The van der Waals surface area contributed by atoms with Gasteiger partial charge in [-0.3, -0.25) is 9.59 Å². The number of ether oxygens (including phenoxy) is 1. The van der Waals surface area contributed by atoms with Crippen LogP contribution in [-0.2, 0) is 24.4 Å². The Morgan fingerprint density at radius 2 is 1.94 bits per heavy atom. The largest absolute Gasteiger partial charge is 0.487 e. The summed E-state index contributed by atoms with van der Waals surface area (Å²) in [5.41, 5.74) is 0.747. The van der Waals surface area contributed by atoms with Gasteiger partial charge in [-0.05, 0) is 55.7 Å². The number of benzene rings is 2. The number of halogens is 3. The van der Waals surface area contributed by atoms with Gasteiger partial charge in [0, 0.05) is 30.1 Å². The van der Waals surface area contributed by atoms with Crippen molar-refractivity contribution < 1.29 is 23.4 Å². The van der Waals surface area contributed by atoms with Gasteiger partial charge >= 0.3 is 0 Å². The van der Waals surface area contributed by atoms with Gasteiger partial charge in [0.15, 0.2) is 0 Å². The molecule has 178 valence electrons. The summed E-state index contributed by atoms with van der Waals surface area (Å²) in [7, 11) is 0. The number of hydrogen-bond acceptors (Lipinski definition) is 4. The summed E-state index contributed by atoms with van der Waals surface area (Å²) in [6, 6.07) is 10.2. The molecule has 3 aromatic rings. The number of rotatable bonds is 6. The molecule has 6 nitrogen and oxygen atoms in total. The Hall–Kier alpha value is -3.23. The van der Waals surface area contributed by atoms with E-state index in [4.69, 9.17) is 16.3 Å². The maximum absolute atomic E-state index is 13.8. The van der Waals surface area contributed by atoms with Crippen molar-refractivity contribution in [3.05, 3.63) is 92.4 Å². The van der Waals surface area contributed by atoms with E-state index in [2.05, 4.69) is 0 Å². The van der Waals surface area contributed by atoms with Gasteiger partial charge in [-0.25, -0.2) is 8.78 Å². The molecule has 0 unspecified atom stereocenters. The molecule has 0 atom stereocenters. The molecule has 2 heterocycles. The Kier molecular flexibility index (Phi) is 6.47. The van der Waals surface area contributed by atoms with Crippen LogP contribution in [0, 0.1) is 11.6 Å². The first-order chi connectivity index (χ1) is 16.0. The van der Waals surface area contributed by atoms with Crippen molar-refractivity contribution in [1.29, 1.82) is 0 Å². The fourth-order valence-electron chi connectivity index (χ4n) is 3.85. The maximum atomic E-state index is 13.8. The lowest BCUT2D eigenvalue weighted by Gasteiger charge is -2.25. The van der Waals surface area contributed by atoms with Crippen molar-refractivity contribution >= 4 is 23.2 Å². The molecule has 9 heteroatoms. The average Bonchev–Trinajstić information content (AvgIpc) is 3.19. The zero-order chi connectivity index (χ0) is 24.6. The zero-order valence-electron chi connectivity index (χ0n) is 18.6. The molecule has 1 aromatic heterocycles. The molecular formula is C25H23ClF2N2O4. The van der Waals surface area contributed by atoms with Crippen LogP contribution in [0.5, 0.6) is 5.75 Å². The lowest BCUT2D eigenvalue weighted by Crippen LogP contribution is -2.44. The molecule has 1 aliphatic heterocycles. The Morgan fingerprint density at radius 3 is 2.65 bits per heavy atom. The molecule has 0 fully saturated rings. The van der Waals surface area contributed by atoms with Crippen molar-refractivity contribution in [3.63, 3.8) is 0 Å². The number of pyridine rings is 1. The molecule has 1 amide bonds. The Bertz CT molecular complexity index is 1320. The van der Waals surface area contributed by atoms with E-state index in [1.807, 2.05) is 18.2 Å². The summed E-state index contributed by atoms with van der Waals surface area (Å²) >= 11 is 6.21. The molecule has 0 spiro atoms. The van der Waals surface area contributed by atoms with Gasteiger partial charge in [0.05, 0.1) is 6.54 Å². The molecule has 1 N–H and O–H groups in total. The lowest BCUT2D eigenvalue weighted by atomic mass is 10.1. The SMILES string of the molecule is CC(C)(O)C(=O)N1CCc2cc(Cn3ccc(OCc4ccc(F)cc4F)c(Cl)c3=O)ccc21. The summed E-state index contributed by atoms with van der Waals surface area (Å²) in [5, 5.41) is 9.90. The topological polar surface area (TPSA) is 71.8 Å². The standard InChI is InChI=1S/C25H23ClF2N2O4/c1-25(2,33)24(32)30-10-7-16-11-15(3-6-20(16)30)13-29-9-8-21(22(26)23(29)31)34-14-17-4-5-18(27)12-19(17)28/h3-6,8-9,11-12,33H,7,10,13-14H2,1-2H3. The summed E-state index contributed by atoms with van der Waals surface area (Å²) in [4.78, 5) is 26.8. The van der Waals surface area contributed by atoms with Crippen LogP contribution >= 0.6 is 11.6 Å². The van der Waals surface area contributed by atoms with E-state index in [0.717, 1.165) is 28.9 Å². The molecule has 34 heavy (non-hydrogen) atoms. The normalized spacial score (nSPS) is 13.2. The first-order valence-corrected chi connectivity index (χ1v) is 11.0. The fraction of sp³-hybridized carbons (Fsp3) is 0.280. The molecule has 0 radical (unpaired) electrons. The predicted molar refractivity (Wildman–Crippen MR) is 124 cm³/mol. The van der Waals surface area contributed by atoms with Gasteiger partial charge in [-0.1, -0.05) is 23.7 Å². The Labute approximate surface area is 200 Å². The van der Waals surface area contributed by atoms with Gasteiger partial charge < -0.3 is 19.3 Å². The minimum absolute atomic E-state index is 0.0985. The second-order valence-corrected chi connectivity index (χ2v) is 9.06. The minimum atomic E-state index is -1.46. The molecule has 1 aliphatic rings. The van der Waals surface area contributed by atoms with Crippen LogP contribution in [-0.4, -0.2) is 27.7 Å². The monoisotopic (exact) mass is 488 g/mol. The van der Waals surface area contributed by atoms with E-state index >= 15 is 0 Å². The molecule has 0 bridgehead atoms. The number of nitrogens with zero attached hydrogens (tertiary/aromatic N) is 2. The van der Waals surface area contributed by atoms with E-state index in [9.17, 15) is 23.5 Å². The number of aromatic nitrogens is 1. The van der Waals surface area contributed by atoms with Crippen molar-refractivity contribution in [3.8, 4) is 5.75 Å². The Balaban J connectivity index is 1.49. The van der Waals surface area contributed by atoms with Crippen LogP contribution in [0.3, 0.4) is 0 Å². The number of carbonyl (C=O) groups excluding carboxylic acids is 1. The van der Waals surface area contributed by atoms with E-state index in [-0.39, 0.29) is 35.4 Å². The quantitative estimate of drug-likeness (QED) is 0.568. The first kappa shape index (κ1) is 23.9. The summed E-state index contributed by atoms with van der Waals surface area (Å²) < 4.78 is 33.8. The number of anilines is 1. The molecular weight excluding hydrogens is 466 g/mol. The van der Waals surface area contributed by atoms with Gasteiger partial charge in [-0.2, -0.15) is 0 Å². The highest BCUT2D eigenvalue weighted by molar-refractivity contribution is 6.31. The highest BCUT2D eigenvalue weighted by atomic mass is 35.5. The summed E-state index contributed by atoms with van der Waals surface area (Å²) in [6.07, 6.45) is 2.18. The third kappa shape index (κ3) is 4.83. The van der Waals surface area contributed by atoms with Crippen LogP contribution in [0.2, 0.25) is 5.02 Å². The average molecular weight is 489 g/mol. The molecule has 0 aliphatic carbocycles. The molecule has 2 aromatic carbocycles. The number of aliphatic hydroxyl groups is 1. The molecule has 0 saturated carbocycles. The van der Waals surface area contributed by atoms with Crippen molar-refractivity contribution in [1.82, 2.24) is 4.57 Å². The van der Waals surface area contributed by atoms with Crippen LogP contribution in [0.15, 0.2) is 53.5 Å². The van der Waals surface area contributed by atoms with Crippen LogP contribution < -0.4 is 15.2 Å². The van der Waals surface area contributed by atoms with Crippen LogP contribution in [0.1, 0.15) is 30.5 Å². The number of carbonyl (C=O) groups is 1. The smallest absolute Gasteiger partial charge is 0.273 e. The van der Waals surface area contributed by atoms with Gasteiger partial charge in [0.25, 0.3) is 11.5 Å². The van der Waals surface area contributed by atoms with Gasteiger partial charge in [0.2, 0.25) is 0 Å². The van der Waals surface area contributed by atoms with Crippen molar-refractivity contribution in [2.75, 3.05) is 11.4 Å². The second kappa shape index (κ2) is 9.19. The Morgan fingerprint density at radius 1 is 1.18 bits per heavy atom. The highest BCUT2D eigenvalue weighted by Gasteiger charge is 2.34. The number of fused-ring (bicyclic) bond motifs is 1. The highest BCUT2D eigenvalue weighted by Crippen LogP contribution is 2.31. The minimum Gasteiger partial charge on any atom is -0.487 e. The summed E-state index contributed by atoms with van der Waals surface area (Å²) in [5.74, 6) is -1.70. The second-order valence-electron chi connectivity index (χ2n) is 8.68. The molecule has 0 saturated heterocycles. The van der Waals surface area contributed by atoms with E-state index in [1.54, 1.807) is 4.90 Å². The van der Waals surface area contributed by atoms with Crippen LogP contribution in [0.25, 0.3) is 0 Å². The van der Waals surface area contributed by atoms with Gasteiger partial charge in [0.1, 0.15) is 34.6 Å². The summed E-state index contributed by atoms with van der Waals surface area (Å²) in [6.45, 7) is 3.44. The lowest BCUT2D eigenvalue weighted by molar-refractivity contribution is -0.133. The van der Waals surface area contributed by atoms with E-state index in [1.165, 1.54) is 36.7 Å². The van der Waals surface area contributed by atoms with Gasteiger partial charge in [-0.15, -0.1) is 0 Å². The predicted octanol–water partition coefficient (Wildman–Crippen LogP) is 4.07. The fourth-order valence-corrected chi connectivity index (χ4v) is 4.08. The van der Waals surface area contributed by atoms with Crippen molar-refractivity contribution in [2.45, 2.75) is 39.0 Å². The first-order valence-electron chi connectivity index (χ1n) is 10.7. The molecule has 4 rings (SSSR count). The third-order valence-corrected chi connectivity index (χ3v) is 5.98. The van der Waals surface area contributed by atoms with Crippen molar-refractivity contribution in [2.24, 2.45) is 0 Å². The number of hydrogen-bond donors (Lipinski definition) is 1. The van der Waals surface area contributed by atoms with Crippen LogP contribution in [0.4, 0.5) is 14.5 Å². The van der Waals surface area contributed by atoms with E-state index in [0.29, 0.717) is 13.0 Å². The zero-order valence-corrected chi connectivity index (χ0v) is 19.4. The third-order valence-electron chi connectivity index (χ3n) is 5.63. The number of amides is 1.